The number of anilines is 2. The second kappa shape index (κ2) is 7.56. The van der Waals surface area contributed by atoms with Crippen LogP contribution in [0.15, 0.2) is 43.0 Å². The SMILES string of the molecule is Cc1ncc(C(=O)O)cc1NC(=O)c1cnn2cc(-c3ccnc(N(C)C)c3)sc12. The second-order valence-corrected chi connectivity index (χ2v) is 7.85. The molecule has 0 aliphatic carbocycles. The van der Waals surface area contributed by atoms with E-state index in [1.54, 1.807) is 17.6 Å². The van der Waals surface area contributed by atoms with Crippen molar-refractivity contribution in [3.63, 3.8) is 0 Å². The van der Waals surface area contributed by atoms with Crippen LogP contribution in [0.25, 0.3) is 15.3 Å². The van der Waals surface area contributed by atoms with Gasteiger partial charge in [-0.15, -0.1) is 11.3 Å². The van der Waals surface area contributed by atoms with Crippen molar-refractivity contribution >= 4 is 39.5 Å². The predicted molar refractivity (Wildman–Crippen MR) is 115 cm³/mol. The summed E-state index contributed by atoms with van der Waals surface area (Å²) in [6, 6.07) is 5.27. The summed E-state index contributed by atoms with van der Waals surface area (Å²) in [5, 5.41) is 16.2. The maximum atomic E-state index is 12.9. The van der Waals surface area contributed by atoms with Crippen LogP contribution in [0.3, 0.4) is 0 Å². The molecule has 0 aliphatic rings. The predicted octanol–water partition coefficient (Wildman–Crippen LogP) is 3.18. The fourth-order valence-corrected chi connectivity index (χ4v) is 3.91. The van der Waals surface area contributed by atoms with Crippen molar-refractivity contribution in [1.82, 2.24) is 19.6 Å². The molecule has 4 rings (SSSR count). The number of hydrogen-bond acceptors (Lipinski definition) is 7. The lowest BCUT2D eigenvalue weighted by molar-refractivity contribution is 0.0696. The van der Waals surface area contributed by atoms with Crippen molar-refractivity contribution in [3.8, 4) is 10.4 Å². The second-order valence-electron chi connectivity index (χ2n) is 6.82. The number of carbonyl (C=O) groups excluding carboxylic acids is 1. The average molecular weight is 422 g/mol. The lowest BCUT2D eigenvalue weighted by atomic mass is 10.2. The van der Waals surface area contributed by atoms with Crippen molar-refractivity contribution < 1.29 is 14.7 Å². The molecule has 0 saturated heterocycles. The number of carboxylic acid groups (broad SMARTS) is 1. The van der Waals surface area contributed by atoms with E-state index in [2.05, 4.69) is 20.4 Å². The maximum Gasteiger partial charge on any atom is 0.337 e. The van der Waals surface area contributed by atoms with Gasteiger partial charge in [0.25, 0.3) is 5.91 Å². The average Bonchev–Trinajstić information content (AvgIpc) is 3.30. The number of hydrogen-bond donors (Lipinski definition) is 2. The zero-order chi connectivity index (χ0) is 21.4. The molecule has 152 valence electrons. The van der Waals surface area contributed by atoms with E-state index < -0.39 is 5.97 Å². The van der Waals surface area contributed by atoms with Crippen LogP contribution in [0, 0.1) is 6.92 Å². The molecule has 2 N–H and O–H groups in total. The summed E-state index contributed by atoms with van der Waals surface area (Å²) in [6.45, 7) is 1.70. The van der Waals surface area contributed by atoms with E-state index >= 15 is 0 Å². The molecule has 0 spiro atoms. The van der Waals surface area contributed by atoms with Gasteiger partial charge in [-0.05, 0) is 30.7 Å². The first kappa shape index (κ1) is 19.5. The van der Waals surface area contributed by atoms with Crippen LogP contribution in [0.5, 0.6) is 0 Å². The van der Waals surface area contributed by atoms with E-state index in [-0.39, 0.29) is 11.5 Å². The molecule has 0 atom stereocenters. The molecule has 4 aromatic rings. The topological polar surface area (TPSA) is 113 Å². The molecule has 1 amide bonds. The van der Waals surface area contributed by atoms with Crippen LogP contribution < -0.4 is 10.2 Å². The Morgan fingerprint density at radius 2 is 2.00 bits per heavy atom. The van der Waals surface area contributed by atoms with Gasteiger partial charge in [-0.2, -0.15) is 5.10 Å². The van der Waals surface area contributed by atoms with E-state index in [4.69, 9.17) is 5.11 Å². The van der Waals surface area contributed by atoms with Crippen molar-refractivity contribution in [1.29, 1.82) is 0 Å². The van der Waals surface area contributed by atoms with Crippen molar-refractivity contribution in [3.05, 3.63) is 59.8 Å². The molecule has 0 aromatic carbocycles. The number of nitrogens with zero attached hydrogens (tertiary/aromatic N) is 5. The number of aromatic carboxylic acids is 1. The highest BCUT2D eigenvalue weighted by atomic mass is 32.1. The van der Waals surface area contributed by atoms with E-state index in [1.165, 1.54) is 29.8 Å². The summed E-state index contributed by atoms with van der Waals surface area (Å²) in [7, 11) is 3.85. The first-order valence-corrected chi connectivity index (χ1v) is 9.77. The standard InChI is InChI=1S/C20H18N6O3S/c1-11-15(6-13(8-22-11)20(28)29)24-18(27)14-9-23-26-10-16(30-19(14)26)12-4-5-21-17(7-12)25(2)3/h4-10H,1-3H3,(H,24,27)(H,28,29). The van der Waals surface area contributed by atoms with Gasteiger partial charge in [0.05, 0.1) is 33.6 Å². The fraction of sp³-hybridized carbons (Fsp3) is 0.150. The molecule has 30 heavy (non-hydrogen) atoms. The number of aryl methyl sites for hydroxylation is 1. The normalized spacial score (nSPS) is 10.9. The minimum atomic E-state index is -1.11. The maximum absolute atomic E-state index is 12.9. The number of pyridine rings is 2. The third-order valence-electron chi connectivity index (χ3n) is 4.51. The summed E-state index contributed by atoms with van der Waals surface area (Å²) in [5.74, 6) is -0.657. The number of aromatic nitrogens is 4. The number of thiazole rings is 1. The van der Waals surface area contributed by atoms with Gasteiger partial charge in [0.2, 0.25) is 0 Å². The number of fused-ring (bicyclic) bond motifs is 1. The van der Waals surface area contributed by atoms with Crippen LogP contribution >= 0.6 is 11.3 Å². The van der Waals surface area contributed by atoms with Gasteiger partial charge in [-0.3, -0.25) is 9.78 Å². The molecule has 0 fully saturated rings. The monoisotopic (exact) mass is 422 g/mol. The van der Waals surface area contributed by atoms with Crippen LogP contribution in [0.1, 0.15) is 26.4 Å². The molecule has 10 heteroatoms. The largest absolute Gasteiger partial charge is 0.478 e. The van der Waals surface area contributed by atoms with E-state index in [0.717, 1.165) is 16.3 Å². The smallest absolute Gasteiger partial charge is 0.337 e. The summed E-state index contributed by atoms with van der Waals surface area (Å²) in [4.78, 5) is 36.0. The highest BCUT2D eigenvalue weighted by Gasteiger charge is 2.18. The Morgan fingerprint density at radius 1 is 1.20 bits per heavy atom. The zero-order valence-electron chi connectivity index (χ0n) is 16.4. The first-order valence-electron chi connectivity index (χ1n) is 8.95. The fourth-order valence-electron chi connectivity index (χ4n) is 2.86. The number of rotatable bonds is 5. The quantitative estimate of drug-likeness (QED) is 0.508. The van der Waals surface area contributed by atoms with Gasteiger partial charge in [-0.25, -0.2) is 14.3 Å². The minimum Gasteiger partial charge on any atom is -0.478 e. The summed E-state index contributed by atoms with van der Waals surface area (Å²) >= 11 is 1.44. The Hall–Kier alpha value is -3.79. The van der Waals surface area contributed by atoms with E-state index in [9.17, 15) is 9.59 Å². The Labute approximate surface area is 175 Å². The zero-order valence-corrected chi connectivity index (χ0v) is 17.3. The molecule has 0 aliphatic heterocycles. The number of carboxylic acids is 1. The van der Waals surface area contributed by atoms with E-state index in [1.807, 2.05) is 37.3 Å². The molecule has 9 nitrogen and oxygen atoms in total. The van der Waals surface area contributed by atoms with Gasteiger partial charge in [-0.1, -0.05) is 0 Å². The lowest BCUT2D eigenvalue weighted by Gasteiger charge is -2.11. The van der Waals surface area contributed by atoms with Gasteiger partial charge in [0.15, 0.2) is 0 Å². The third-order valence-corrected chi connectivity index (χ3v) is 5.67. The summed E-state index contributed by atoms with van der Waals surface area (Å²) in [5.41, 5.74) is 2.25. The van der Waals surface area contributed by atoms with Crippen LogP contribution in [-0.2, 0) is 0 Å². The Morgan fingerprint density at radius 3 is 2.73 bits per heavy atom. The molecular formula is C20H18N6O3S. The Balaban J connectivity index is 1.66. The molecular weight excluding hydrogens is 404 g/mol. The molecule has 0 saturated carbocycles. The molecule has 4 aromatic heterocycles. The van der Waals surface area contributed by atoms with Gasteiger partial charge >= 0.3 is 5.97 Å². The lowest BCUT2D eigenvalue weighted by Crippen LogP contribution is -2.13. The first-order chi connectivity index (χ1) is 14.3. The minimum absolute atomic E-state index is 0.00356. The van der Waals surface area contributed by atoms with Crippen LogP contribution in [-0.4, -0.2) is 50.7 Å². The van der Waals surface area contributed by atoms with Gasteiger partial charge in [0.1, 0.15) is 10.6 Å². The highest BCUT2D eigenvalue weighted by Crippen LogP contribution is 2.32. The van der Waals surface area contributed by atoms with Crippen LogP contribution in [0.2, 0.25) is 0 Å². The van der Waals surface area contributed by atoms with Crippen molar-refractivity contribution in [2.75, 3.05) is 24.3 Å². The van der Waals surface area contributed by atoms with Gasteiger partial charge in [0, 0.05) is 32.7 Å². The van der Waals surface area contributed by atoms with Gasteiger partial charge < -0.3 is 15.3 Å². The molecule has 0 radical (unpaired) electrons. The Kier molecular flexibility index (Phi) is 4.92. The number of carbonyl (C=O) groups is 2. The number of nitrogens with one attached hydrogen (secondary N) is 1. The summed E-state index contributed by atoms with van der Waals surface area (Å²) < 4.78 is 1.66. The van der Waals surface area contributed by atoms with Crippen molar-refractivity contribution in [2.45, 2.75) is 6.92 Å². The van der Waals surface area contributed by atoms with Crippen LogP contribution in [0.4, 0.5) is 11.5 Å². The van der Waals surface area contributed by atoms with Crippen molar-refractivity contribution in [2.24, 2.45) is 0 Å². The number of amides is 1. The third kappa shape index (κ3) is 3.60. The summed E-state index contributed by atoms with van der Waals surface area (Å²) in [6.07, 6.45) is 6.36. The molecule has 4 heterocycles. The molecule has 0 unspecified atom stereocenters. The Bertz CT molecular complexity index is 1280. The molecule has 0 bridgehead atoms. The highest BCUT2D eigenvalue weighted by molar-refractivity contribution is 7.21. The van der Waals surface area contributed by atoms with E-state index in [0.29, 0.717) is 21.8 Å².